The predicted octanol–water partition coefficient (Wildman–Crippen LogP) is 4.33. The second-order valence-electron chi connectivity index (χ2n) is 7.15. The van der Waals surface area contributed by atoms with Crippen molar-refractivity contribution in [3.05, 3.63) is 107 Å². The topological polar surface area (TPSA) is 52.6 Å². The first-order valence-corrected chi connectivity index (χ1v) is 9.35. The van der Waals surface area contributed by atoms with E-state index in [1.54, 1.807) is 48.5 Å². The number of carbonyl (C=O) groups excluding carboxylic acids is 2. The monoisotopic (exact) mass is 370 g/mol. The predicted molar refractivity (Wildman–Crippen MR) is 103 cm³/mol. The van der Waals surface area contributed by atoms with Crippen LogP contribution in [0.5, 0.6) is 0 Å². The van der Waals surface area contributed by atoms with Crippen LogP contribution in [0.3, 0.4) is 0 Å². The number of hydrogen-bond donors (Lipinski definition) is 0. The highest BCUT2D eigenvalue weighted by Gasteiger charge is 2.63. The minimum atomic E-state index is -0.472. The maximum Gasteiger partial charge on any atom is 0.338 e. The fourth-order valence-corrected chi connectivity index (χ4v) is 4.25. The molecule has 1 saturated carbocycles. The Bertz CT molecular complexity index is 944. The van der Waals surface area contributed by atoms with Crippen LogP contribution < -0.4 is 0 Å². The molecular formula is C24H18O4. The van der Waals surface area contributed by atoms with Gasteiger partial charge in [-0.3, -0.25) is 0 Å². The van der Waals surface area contributed by atoms with Crippen molar-refractivity contribution in [1.29, 1.82) is 0 Å². The van der Waals surface area contributed by atoms with Crippen LogP contribution in [-0.4, -0.2) is 24.1 Å². The fourth-order valence-electron chi connectivity index (χ4n) is 4.25. The number of carbonyl (C=O) groups is 2. The summed E-state index contributed by atoms with van der Waals surface area (Å²) in [6.45, 7) is 0. The van der Waals surface area contributed by atoms with E-state index in [0.717, 1.165) is 0 Å². The van der Waals surface area contributed by atoms with Crippen molar-refractivity contribution in [3.63, 3.8) is 0 Å². The summed E-state index contributed by atoms with van der Waals surface area (Å²) in [5, 5.41) is 0. The highest BCUT2D eigenvalue weighted by atomic mass is 16.6. The molecule has 0 heterocycles. The van der Waals surface area contributed by atoms with Crippen LogP contribution in [0.25, 0.3) is 0 Å². The van der Waals surface area contributed by atoms with Gasteiger partial charge in [-0.2, -0.15) is 0 Å². The van der Waals surface area contributed by atoms with E-state index in [1.807, 2.05) is 24.3 Å². The molecule has 2 aliphatic rings. The largest absolute Gasteiger partial charge is 0.454 e. The van der Waals surface area contributed by atoms with E-state index in [4.69, 9.17) is 9.47 Å². The fraction of sp³-hybridized carbons (Fsp3) is 0.167. The molecule has 2 aliphatic carbocycles. The van der Waals surface area contributed by atoms with E-state index in [2.05, 4.69) is 12.1 Å². The number of rotatable bonds is 4. The van der Waals surface area contributed by atoms with Crippen LogP contribution in [-0.2, 0) is 9.47 Å². The third-order valence-electron chi connectivity index (χ3n) is 5.64. The van der Waals surface area contributed by atoms with Gasteiger partial charge in [-0.15, -0.1) is 0 Å². The minimum absolute atomic E-state index is 0.0810. The molecule has 0 amide bonds. The van der Waals surface area contributed by atoms with Gasteiger partial charge in [0.05, 0.1) is 11.1 Å². The van der Waals surface area contributed by atoms with Crippen LogP contribution in [0.2, 0.25) is 0 Å². The third-order valence-corrected chi connectivity index (χ3v) is 5.64. The molecule has 3 aromatic rings. The zero-order chi connectivity index (χ0) is 19.1. The van der Waals surface area contributed by atoms with E-state index < -0.39 is 24.1 Å². The number of esters is 2. The van der Waals surface area contributed by atoms with Crippen molar-refractivity contribution >= 4 is 11.9 Å². The SMILES string of the molecule is O=C(OC1C2c3ccccc3C2[C@@H]1OC(=O)c1ccccc1)c1ccccc1. The molecule has 0 bridgehead atoms. The lowest BCUT2D eigenvalue weighted by atomic mass is 9.52. The van der Waals surface area contributed by atoms with E-state index in [1.165, 1.54) is 11.1 Å². The standard InChI is InChI=1S/C24H18O4/c25-23(15-9-3-1-4-10-15)27-21-19-17-13-7-8-14-18(17)20(19)22(21)28-24(26)16-11-5-2-6-12-16/h1-14,19-22H/t19?,20?,21-,22?/m0/s1. The molecule has 0 aromatic heterocycles. The van der Waals surface area contributed by atoms with Crippen LogP contribution in [0, 0.1) is 0 Å². The maximum absolute atomic E-state index is 12.6. The summed E-state index contributed by atoms with van der Waals surface area (Å²) in [4.78, 5) is 25.1. The summed E-state index contributed by atoms with van der Waals surface area (Å²) in [7, 11) is 0. The first-order chi connectivity index (χ1) is 13.7. The highest BCUT2D eigenvalue weighted by Crippen LogP contribution is 2.62. The van der Waals surface area contributed by atoms with Gasteiger partial charge >= 0.3 is 11.9 Å². The molecule has 5 rings (SSSR count). The Balaban J connectivity index is 1.39. The van der Waals surface area contributed by atoms with Crippen LogP contribution in [0.4, 0.5) is 0 Å². The molecule has 4 atom stereocenters. The van der Waals surface area contributed by atoms with Gasteiger partial charge in [0, 0.05) is 11.8 Å². The molecule has 0 spiro atoms. The van der Waals surface area contributed by atoms with Crippen molar-refractivity contribution in [2.24, 2.45) is 0 Å². The molecule has 138 valence electrons. The van der Waals surface area contributed by atoms with E-state index in [0.29, 0.717) is 11.1 Å². The molecule has 0 saturated heterocycles. The normalized spacial score (nSPS) is 24.0. The first-order valence-electron chi connectivity index (χ1n) is 9.35. The molecule has 4 nitrogen and oxygen atoms in total. The van der Waals surface area contributed by atoms with Gasteiger partial charge in [0.2, 0.25) is 0 Å². The molecule has 1 fully saturated rings. The quantitative estimate of drug-likeness (QED) is 0.642. The highest BCUT2D eigenvalue weighted by molar-refractivity contribution is 5.91. The van der Waals surface area contributed by atoms with Crippen LogP contribution >= 0.6 is 0 Å². The molecule has 4 heteroatoms. The number of fused-ring (bicyclic) bond motifs is 4. The van der Waals surface area contributed by atoms with Gasteiger partial charge in [0.25, 0.3) is 0 Å². The van der Waals surface area contributed by atoms with Gasteiger partial charge in [0.15, 0.2) is 0 Å². The smallest absolute Gasteiger partial charge is 0.338 e. The molecule has 3 aromatic carbocycles. The lowest BCUT2D eigenvalue weighted by Crippen LogP contribution is -2.61. The van der Waals surface area contributed by atoms with Crippen molar-refractivity contribution in [2.75, 3.05) is 0 Å². The van der Waals surface area contributed by atoms with Gasteiger partial charge in [-0.1, -0.05) is 60.7 Å². The van der Waals surface area contributed by atoms with Crippen molar-refractivity contribution in [3.8, 4) is 0 Å². The Hall–Kier alpha value is -3.40. The summed E-state index contributed by atoms with van der Waals surface area (Å²) in [6.07, 6.45) is -0.944. The molecule has 0 radical (unpaired) electrons. The Morgan fingerprint density at radius 3 is 1.29 bits per heavy atom. The lowest BCUT2D eigenvalue weighted by molar-refractivity contribution is -0.122. The molecule has 28 heavy (non-hydrogen) atoms. The lowest BCUT2D eigenvalue weighted by Gasteiger charge is -2.57. The Morgan fingerprint density at radius 1 is 0.536 bits per heavy atom. The van der Waals surface area contributed by atoms with E-state index >= 15 is 0 Å². The number of ether oxygens (including phenoxy) is 2. The van der Waals surface area contributed by atoms with Crippen LogP contribution in [0.1, 0.15) is 43.7 Å². The molecule has 0 N–H and O–H groups in total. The van der Waals surface area contributed by atoms with Gasteiger partial charge in [0.1, 0.15) is 12.2 Å². The Labute approximate surface area is 162 Å². The Morgan fingerprint density at radius 2 is 0.893 bits per heavy atom. The van der Waals surface area contributed by atoms with Gasteiger partial charge in [-0.05, 0) is 35.4 Å². The van der Waals surface area contributed by atoms with Gasteiger partial charge in [-0.25, -0.2) is 9.59 Å². The zero-order valence-corrected chi connectivity index (χ0v) is 15.0. The average Bonchev–Trinajstić information content (AvgIpc) is 2.73. The van der Waals surface area contributed by atoms with Crippen molar-refractivity contribution < 1.29 is 19.1 Å². The molecule has 3 unspecified atom stereocenters. The maximum atomic E-state index is 12.6. The number of benzene rings is 3. The summed E-state index contributed by atoms with van der Waals surface area (Å²) >= 11 is 0. The second kappa shape index (κ2) is 6.64. The first kappa shape index (κ1) is 16.8. The van der Waals surface area contributed by atoms with E-state index in [9.17, 15) is 9.59 Å². The summed E-state index contributed by atoms with van der Waals surface area (Å²) in [6, 6.07) is 25.8. The van der Waals surface area contributed by atoms with Crippen LogP contribution in [0.15, 0.2) is 84.9 Å². The van der Waals surface area contributed by atoms with Gasteiger partial charge < -0.3 is 9.47 Å². The summed E-state index contributed by atoms with van der Waals surface area (Å²) in [5.41, 5.74) is 3.33. The van der Waals surface area contributed by atoms with Crippen molar-refractivity contribution in [1.82, 2.24) is 0 Å². The minimum Gasteiger partial charge on any atom is -0.454 e. The summed E-state index contributed by atoms with van der Waals surface area (Å²) < 4.78 is 11.6. The van der Waals surface area contributed by atoms with E-state index in [-0.39, 0.29) is 11.8 Å². The molecule has 0 aliphatic heterocycles. The zero-order valence-electron chi connectivity index (χ0n) is 15.0. The average molecular weight is 370 g/mol. The third kappa shape index (κ3) is 2.61. The molecular weight excluding hydrogens is 352 g/mol. The second-order valence-corrected chi connectivity index (χ2v) is 7.15. The Kier molecular flexibility index (Phi) is 3.97. The summed E-state index contributed by atoms with van der Waals surface area (Å²) in [5.74, 6) is -0.627. The van der Waals surface area contributed by atoms with Crippen molar-refractivity contribution in [2.45, 2.75) is 24.0 Å². The number of hydrogen-bond acceptors (Lipinski definition) is 4.